The molecule has 0 aromatic heterocycles. The van der Waals surface area contributed by atoms with Crippen molar-refractivity contribution in [2.24, 2.45) is 5.73 Å². The van der Waals surface area contributed by atoms with Crippen molar-refractivity contribution in [3.05, 3.63) is 92.5 Å². The number of rotatable bonds is 2. The van der Waals surface area contributed by atoms with Crippen LogP contribution in [-0.2, 0) is 9.53 Å². The average molecular weight is 411 g/mol. The van der Waals surface area contributed by atoms with Gasteiger partial charge in [0.25, 0.3) is 0 Å². The van der Waals surface area contributed by atoms with E-state index in [1.165, 1.54) is 0 Å². The number of ketones is 1. The number of benzene rings is 2. The zero-order valence-corrected chi connectivity index (χ0v) is 16.3. The maximum Gasteiger partial charge on any atom is 0.205 e. The smallest absolute Gasteiger partial charge is 0.205 e. The number of hydrogen-bond donors (Lipinski definition) is 1. The minimum atomic E-state index is -0.550. The summed E-state index contributed by atoms with van der Waals surface area (Å²) in [5, 5.41) is 10.8. The average Bonchev–Trinajstić information content (AvgIpc) is 2.68. The number of carbonyl (C=O) groups is 1. The Bertz CT molecular complexity index is 1060. The molecule has 0 saturated heterocycles. The molecule has 0 bridgehead atoms. The summed E-state index contributed by atoms with van der Waals surface area (Å²) in [5.41, 5.74) is 8.48. The number of hydrogen-bond acceptors (Lipinski definition) is 4. The molecule has 0 fully saturated rings. The van der Waals surface area contributed by atoms with Gasteiger partial charge < -0.3 is 10.5 Å². The van der Waals surface area contributed by atoms with Crippen molar-refractivity contribution in [2.75, 3.05) is 0 Å². The number of Topliss-reactive ketones (excluding diaryl/α,β-unsaturated/α-hetero) is 1. The van der Waals surface area contributed by atoms with E-state index in [2.05, 4.69) is 6.07 Å². The summed E-state index contributed by atoms with van der Waals surface area (Å²) in [6.07, 6.45) is 0.795. The molecule has 2 aromatic rings. The lowest BCUT2D eigenvalue weighted by atomic mass is 9.73. The van der Waals surface area contributed by atoms with Gasteiger partial charge >= 0.3 is 0 Å². The van der Waals surface area contributed by atoms with Crippen LogP contribution in [0.25, 0.3) is 0 Å². The van der Waals surface area contributed by atoms with E-state index in [0.29, 0.717) is 34.2 Å². The normalized spacial score (nSPS) is 21.8. The second-order valence-corrected chi connectivity index (χ2v) is 7.71. The van der Waals surface area contributed by atoms with Crippen LogP contribution < -0.4 is 5.73 Å². The summed E-state index contributed by atoms with van der Waals surface area (Å²) < 4.78 is 5.76. The third-order valence-electron chi connectivity index (χ3n) is 5.21. The van der Waals surface area contributed by atoms with Crippen molar-refractivity contribution >= 4 is 29.0 Å². The van der Waals surface area contributed by atoms with Crippen molar-refractivity contribution in [1.82, 2.24) is 0 Å². The molecule has 4 nitrogen and oxygen atoms in total. The lowest BCUT2D eigenvalue weighted by molar-refractivity contribution is -0.117. The second kappa shape index (κ2) is 7.35. The van der Waals surface area contributed by atoms with E-state index in [9.17, 15) is 10.1 Å². The molecule has 28 heavy (non-hydrogen) atoms. The molecular formula is C22H16Cl2N2O2. The van der Waals surface area contributed by atoms with Crippen LogP contribution in [0.15, 0.2) is 71.3 Å². The van der Waals surface area contributed by atoms with Crippen LogP contribution in [0.1, 0.15) is 35.8 Å². The fourth-order valence-electron chi connectivity index (χ4n) is 3.92. The molecule has 2 aromatic carbocycles. The first-order valence-electron chi connectivity index (χ1n) is 8.83. The van der Waals surface area contributed by atoms with Gasteiger partial charge in [0.2, 0.25) is 5.88 Å². The van der Waals surface area contributed by atoms with Crippen LogP contribution in [0.4, 0.5) is 0 Å². The van der Waals surface area contributed by atoms with Crippen molar-refractivity contribution in [3.8, 4) is 6.07 Å². The van der Waals surface area contributed by atoms with Gasteiger partial charge in [0.15, 0.2) is 5.78 Å². The van der Waals surface area contributed by atoms with Crippen molar-refractivity contribution in [2.45, 2.75) is 24.7 Å². The van der Waals surface area contributed by atoms with Gasteiger partial charge in [-0.05, 0) is 35.2 Å². The highest BCUT2D eigenvalue weighted by molar-refractivity contribution is 6.31. The quantitative estimate of drug-likeness (QED) is 0.737. The minimum absolute atomic E-state index is 0.0359. The molecule has 2 aliphatic rings. The van der Waals surface area contributed by atoms with Crippen molar-refractivity contribution < 1.29 is 9.53 Å². The summed E-state index contributed by atoms with van der Waals surface area (Å²) in [6, 6.07) is 16.7. The van der Waals surface area contributed by atoms with E-state index in [-0.39, 0.29) is 23.2 Å². The van der Waals surface area contributed by atoms with E-state index < -0.39 is 5.92 Å². The molecular weight excluding hydrogens is 395 g/mol. The molecule has 4 rings (SSSR count). The summed E-state index contributed by atoms with van der Waals surface area (Å²) in [4.78, 5) is 13.2. The summed E-state index contributed by atoms with van der Waals surface area (Å²) in [6.45, 7) is 0. The van der Waals surface area contributed by atoms with E-state index in [4.69, 9.17) is 33.7 Å². The number of ether oxygens (including phenoxy) is 1. The van der Waals surface area contributed by atoms with Crippen LogP contribution >= 0.6 is 23.2 Å². The Labute approximate surface area is 172 Å². The third kappa shape index (κ3) is 3.17. The fraction of sp³-hybridized carbons (Fsp3) is 0.182. The molecule has 0 unspecified atom stereocenters. The maximum absolute atomic E-state index is 13.2. The van der Waals surface area contributed by atoms with Gasteiger partial charge in [-0.3, -0.25) is 4.79 Å². The molecule has 0 spiro atoms. The Morgan fingerprint density at radius 2 is 1.79 bits per heavy atom. The van der Waals surface area contributed by atoms with Gasteiger partial charge in [-0.2, -0.15) is 5.26 Å². The molecule has 2 N–H and O–H groups in total. The van der Waals surface area contributed by atoms with Gasteiger partial charge in [0.05, 0.1) is 5.92 Å². The molecule has 1 aliphatic heterocycles. The molecule has 0 saturated carbocycles. The van der Waals surface area contributed by atoms with E-state index >= 15 is 0 Å². The van der Waals surface area contributed by atoms with Gasteiger partial charge in [-0.25, -0.2) is 0 Å². The summed E-state index contributed by atoms with van der Waals surface area (Å²) in [5.74, 6) is -0.161. The predicted octanol–water partition coefficient (Wildman–Crippen LogP) is 5.20. The standard InChI is InChI=1S/C22H16Cl2N2O2/c23-14-7-5-12(6-8-14)20-16(11-25)22(26)28-19-10-13(9-18(27)21(19)20)15-3-1-2-4-17(15)24/h1-8,13,20H,9-10,26H2/t13-,20-/m0/s1. The second-order valence-electron chi connectivity index (χ2n) is 6.86. The summed E-state index contributed by atoms with van der Waals surface area (Å²) >= 11 is 12.3. The number of halogens is 2. The van der Waals surface area contributed by atoms with E-state index in [0.717, 1.165) is 11.1 Å². The van der Waals surface area contributed by atoms with Gasteiger partial charge in [-0.15, -0.1) is 0 Å². The molecule has 6 heteroatoms. The zero-order chi connectivity index (χ0) is 19.8. The molecule has 0 radical (unpaired) electrons. The zero-order valence-electron chi connectivity index (χ0n) is 14.8. The first-order chi connectivity index (χ1) is 13.5. The Hall–Kier alpha value is -2.74. The molecule has 140 valence electrons. The Morgan fingerprint density at radius 3 is 2.46 bits per heavy atom. The van der Waals surface area contributed by atoms with Crippen molar-refractivity contribution in [3.63, 3.8) is 0 Å². The van der Waals surface area contributed by atoms with Crippen molar-refractivity contribution in [1.29, 1.82) is 5.26 Å². The largest absolute Gasteiger partial charge is 0.444 e. The highest BCUT2D eigenvalue weighted by Crippen LogP contribution is 2.47. The lowest BCUT2D eigenvalue weighted by Crippen LogP contribution is -2.29. The highest BCUT2D eigenvalue weighted by Gasteiger charge is 2.41. The number of allylic oxidation sites excluding steroid dienone is 3. The van der Waals surface area contributed by atoms with Crippen LogP contribution in [0.5, 0.6) is 0 Å². The molecule has 1 aliphatic carbocycles. The minimum Gasteiger partial charge on any atom is -0.444 e. The van der Waals surface area contributed by atoms with Crippen LogP contribution in [0, 0.1) is 11.3 Å². The Kier molecular flexibility index (Phi) is 4.89. The number of nitrogens with zero attached hydrogens (tertiary/aromatic N) is 1. The van der Waals surface area contributed by atoms with E-state index in [1.807, 2.05) is 24.3 Å². The van der Waals surface area contributed by atoms with Crippen LogP contribution in [0.3, 0.4) is 0 Å². The first kappa shape index (κ1) is 18.6. The number of nitriles is 1. The monoisotopic (exact) mass is 410 g/mol. The highest BCUT2D eigenvalue weighted by atomic mass is 35.5. The Morgan fingerprint density at radius 1 is 1.07 bits per heavy atom. The predicted molar refractivity (Wildman–Crippen MR) is 108 cm³/mol. The molecule has 1 heterocycles. The van der Waals surface area contributed by atoms with Crippen LogP contribution in [0.2, 0.25) is 10.0 Å². The van der Waals surface area contributed by atoms with Gasteiger partial charge in [0.1, 0.15) is 17.4 Å². The maximum atomic E-state index is 13.2. The fourth-order valence-corrected chi connectivity index (χ4v) is 4.34. The number of nitrogens with two attached hydrogens (primary N) is 1. The molecule has 2 atom stereocenters. The van der Waals surface area contributed by atoms with Gasteiger partial charge in [0, 0.05) is 28.5 Å². The topological polar surface area (TPSA) is 76.1 Å². The SMILES string of the molecule is N#CC1=C(N)OC2=C(C(=O)C[C@H](c3ccccc3Cl)C2)[C@H]1c1ccc(Cl)cc1. The lowest BCUT2D eigenvalue weighted by Gasteiger charge is -2.34. The van der Waals surface area contributed by atoms with E-state index in [1.54, 1.807) is 24.3 Å². The summed E-state index contributed by atoms with van der Waals surface area (Å²) in [7, 11) is 0. The van der Waals surface area contributed by atoms with Crippen LogP contribution in [-0.4, -0.2) is 5.78 Å². The first-order valence-corrected chi connectivity index (χ1v) is 9.59. The third-order valence-corrected chi connectivity index (χ3v) is 5.81. The Balaban J connectivity index is 1.80. The van der Waals surface area contributed by atoms with Gasteiger partial charge in [-0.1, -0.05) is 53.5 Å². The number of carbonyl (C=O) groups excluding carboxylic acids is 1. The molecule has 0 amide bonds.